The second-order valence-electron chi connectivity index (χ2n) is 6.33. The Morgan fingerprint density at radius 3 is 2.67 bits per heavy atom. The fraction of sp³-hybridized carbons (Fsp3) is 0.0952. The van der Waals surface area contributed by atoms with Gasteiger partial charge in [0.1, 0.15) is 5.82 Å². The Balaban J connectivity index is 1.53. The van der Waals surface area contributed by atoms with E-state index in [2.05, 4.69) is 31.4 Å². The summed E-state index contributed by atoms with van der Waals surface area (Å²) in [5.41, 5.74) is 1.47. The van der Waals surface area contributed by atoms with Gasteiger partial charge in [-0.2, -0.15) is 0 Å². The first-order valence-electron chi connectivity index (χ1n) is 8.99. The van der Waals surface area contributed by atoms with Gasteiger partial charge in [0.25, 0.3) is 0 Å². The molecule has 0 bridgehead atoms. The van der Waals surface area contributed by atoms with Crippen LogP contribution in [0.1, 0.15) is 5.56 Å². The van der Waals surface area contributed by atoms with Gasteiger partial charge in [-0.1, -0.05) is 48.2 Å². The minimum atomic E-state index is -0.405. The van der Waals surface area contributed by atoms with E-state index in [9.17, 15) is 9.18 Å². The molecule has 0 atom stereocenters. The average Bonchev–Trinajstić information content (AvgIpc) is 3.33. The molecule has 0 saturated carbocycles. The van der Waals surface area contributed by atoms with E-state index in [0.29, 0.717) is 33.6 Å². The van der Waals surface area contributed by atoms with Crippen molar-refractivity contribution in [1.29, 1.82) is 0 Å². The maximum atomic E-state index is 13.3. The third-order valence-electron chi connectivity index (χ3n) is 4.13. The van der Waals surface area contributed by atoms with Crippen LogP contribution in [0.5, 0.6) is 0 Å². The van der Waals surface area contributed by atoms with E-state index in [0.717, 1.165) is 5.56 Å². The summed E-state index contributed by atoms with van der Waals surface area (Å²) in [6.07, 6.45) is 0. The highest BCUT2D eigenvalue weighted by atomic mass is 79.9. The first-order valence-corrected chi connectivity index (χ1v) is 10.8. The number of nitrogens with zero attached hydrogens (tertiary/aromatic N) is 3. The lowest BCUT2D eigenvalue weighted by molar-refractivity contribution is -0.113. The molecule has 0 aliphatic heterocycles. The van der Waals surface area contributed by atoms with Gasteiger partial charge in [-0.25, -0.2) is 4.39 Å². The Morgan fingerprint density at radius 1 is 1.10 bits per heavy atom. The fourth-order valence-electron chi connectivity index (χ4n) is 2.81. The van der Waals surface area contributed by atoms with Crippen molar-refractivity contribution >= 4 is 39.3 Å². The molecular formula is C21H16BrFN4O2S. The summed E-state index contributed by atoms with van der Waals surface area (Å²) in [6, 6.07) is 19.3. The number of hydrogen-bond acceptors (Lipinski definition) is 5. The third-order valence-corrected chi connectivity index (χ3v) is 5.53. The van der Waals surface area contributed by atoms with Gasteiger partial charge >= 0.3 is 0 Å². The number of halogens is 2. The van der Waals surface area contributed by atoms with Crippen LogP contribution in [0.4, 0.5) is 10.1 Å². The number of benzene rings is 2. The van der Waals surface area contributed by atoms with Crippen LogP contribution in [0.25, 0.3) is 11.6 Å². The van der Waals surface area contributed by atoms with E-state index in [1.807, 2.05) is 34.9 Å². The molecule has 30 heavy (non-hydrogen) atoms. The van der Waals surface area contributed by atoms with Gasteiger partial charge < -0.3 is 9.73 Å². The molecule has 2 heterocycles. The second-order valence-corrected chi connectivity index (χ2v) is 8.05. The zero-order valence-electron chi connectivity index (χ0n) is 15.6. The van der Waals surface area contributed by atoms with Crippen LogP contribution >= 0.6 is 27.7 Å². The number of amides is 1. The van der Waals surface area contributed by atoms with Crippen molar-refractivity contribution in [2.45, 2.75) is 11.7 Å². The number of nitrogens with one attached hydrogen (secondary N) is 1. The topological polar surface area (TPSA) is 73.0 Å². The molecule has 0 aliphatic carbocycles. The number of anilines is 1. The maximum Gasteiger partial charge on any atom is 0.234 e. The second kappa shape index (κ2) is 9.27. The Morgan fingerprint density at radius 2 is 1.93 bits per heavy atom. The van der Waals surface area contributed by atoms with Crippen molar-refractivity contribution in [3.05, 3.63) is 82.8 Å². The number of thioether (sulfide) groups is 1. The van der Waals surface area contributed by atoms with Crippen LogP contribution in [0.15, 0.2) is 81.0 Å². The van der Waals surface area contributed by atoms with Crippen molar-refractivity contribution in [3.8, 4) is 11.6 Å². The summed E-state index contributed by atoms with van der Waals surface area (Å²) in [7, 11) is 0. The van der Waals surface area contributed by atoms with E-state index in [1.54, 1.807) is 24.3 Å². The largest absolute Gasteiger partial charge is 0.446 e. The highest BCUT2D eigenvalue weighted by Crippen LogP contribution is 2.28. The third kappa shape index (κ3) is 4.98. The Labute approximate surface area is 184 Å². The molecule has 2 aromatic carbocycles. The molecule has 4 rings (SSSR count). The van der Waals surface area contributed by atoms with Crippen LogP contribution in [0, 0.1) is 5.82 Å². The predicted molar refractivity (Wildman–Crippen MR) is 117 cm³/mol. The van der Waals surface area contributed by atoms with Crippen molar-refractivity contribution in [2.75, 3.05) is 11.1 Å². The number of carbonyl (C=O) groups is 1. The first-order chi connectivity index (χ1) is 14.6. The SMILES string of the molecule is O=C(CSc1nnc(-c2ccc(Br)o2)n1Cc1ccccc1)Nc1cccc(F)c1. The summed E-state index contributed by atoms with van der Waals surface area (Å²) in [5.74, 6) is 0.573. The zero-order chi connectivity index (χ0) is 20.9. The van der Waals surface area contributed by atoms with Crippen molar-refractivity contribution in [1.82, 2.24) is 14.8 Å². The van der Waals surface area contributed by atoms with Gasteiger partial charge in [0.15, 0.2) is 15.6 Å². The van der Waals surface area contributed by atoms with E-state index in [-0.39, 0.29) is 11.7 Å². The lowest BCUT2D eigenvalue weighted by Crippen LogP contribution is -2.15. The van der Waals surface area contributed by atoms with E-state index >= 15 is 0 Å². The average molecular weight is 487 g/mol. The molecule has 0 radical (unpaired) electrons. The summed E-state index contributed by atoms with van der Waals surface area (Å²) in [4.78, 5) is 12.3. The number of furan rings is 1. The van der Waals surface area contributed by atoms with Gasteiger partial charge in [0.2, 0.25) is 11.7 Å². The number of aromatic nitrogens is 3. The predicted octanol–water partition coefficient (Wildman–Crippen LogP) is 5.22. The molecule has 0 aliphatic rings. The van der Waals surface area contributed by atoms with Gasteiger partial charge in [-0.15, -0.1) is 10.2 Å². The summed E-state index contributed by atoms with van der Waals surface area (Å²) in [5, 5.41) is 11.8. The molecule has 0 fully saturated rings. The Hall–Kier alpha value is -2.91. The summed E-state index contributed by atoms with van der Waals surface area (Å²) < 4.78 is 21.4. The molecule has 1 amide bonds. The fourth-order valence-corrected chi connectivity index (χ4v) is 3.86. The minimum Gasteiger partial charge on any atom is -0.446 e. The van der Waals surface area contributed by atoms with Crippen LogP contribution in [-0.4, -0.2) is 26.4 Å². The lowest BCUT2D eigenvalue weighted by Gasteiger charge is -2.09. The van der Waals surface area contributed by atoms with E-state index in [1.165, 1.54) is 23.9 Å². The standard InChI is InChI=1S/C21H16BrFN4O2S/c22-18-10-9-17(29-18)20-25-26-21(27(20)12-14-5-2-1-3-6-14)30-13-19(28)24-16-8-4-7-15(23)11-16/h1-11H,12-13H2,(H,24,28). The molecular weight excluding hydrogens is 471 g/mol. The number of hydrogen-bond donors (Lipinski definition) is 1. The highest BCUT2D eigenvalue weighted by molar-refractivity contribution is 9.10. The summed E-state index contributed by atoms with van der Waals surface area (Å²) >= 11 is 4.56. The molecule has 0 unspecified atom stereocenters. The quantitative estimate of drug-likeness (QED) is 0.362. The molecule has 0 spiro atoms. The van der Waals surface area contributed by atoms with Gasteiger partial charge in [-0.3, -0.25) is 9.36 Å². The van der Waals surface area contributed by atoms with E-state index < -0.39 is 5.82 Å². The molecule has 9 heteroatoms. The molecule has 6 nitrogen and oxygen atoms in total. The smallest absolute Gasteiger partial charge is 0.234 e. The number of carbonyl (C=O) groups excluding carboxylic acids is 1. The Kier molecular flexibility index (Phi) is 6.29. The van der Waals surface area contributed by atoms with Gasteiger partial charge in [-0.05, 0) is 51.8 Å². The molecule has 2 aromatic heterocycles. The normalized spacial score (nSPS) is 10.9. The van der Waals surface area contributed by atoms with Gasteiger partial charge in [0, 0.05) is 5.69 Å². The minimum absolute atomic E-state index is 0.102. The van der Waals surface area contributed by atoms with Crippen molar-refractivity contribution < 1.29 is 13.6 Å². The van der Waals surface area contributed by atoms with Crippen LogP contribution < -0.4 is 5.32 Å². The highest BCUT2D eigenvalue weighted by Gasteiger charge is 2.18. The molecule has 4 aromatic rings. The van der Waals surface area contributed by atoms with Crippen LogP contribution in [0.3, 0.4) is 0 Å². The van der Waals surface area contributed by atoms with Crippen molar-refractivity contribution in [3.63, 3.8) is 0 Å². The molecule has 152 valence electrons. The lowest BCUT2D eigenvalue weighted by atomic mass is 10.2. The molecule has 0 saturated heterocycles. The van der Waals surface area contributed by atoms with Crippen molar-refractivity contribution in [2.24, 2.45) is 0 Å². The van der Waals surface area contributed by atoms with Crippen LogP contribution in [-0.2, 0) is 11.3 Å². The number of rotatable bonds is 7. The maximum absolute atomic E-state index is 13.3. The van der Waals surface area contributed by atoms with Crippen LogP contribution in [0.2, 0.25) is 0 Å². The zero-order valence-corrected chi connectivity index (χ0v) is 18.0. The summed E-state index contributed by atoms with van der Waals surface area (Å²) in [6.45, 7) is 0.523. The van der Waals surface area contributed by atoms with Gasteiger partial charge in [0.05, 0.1) is 12.3 Å². The monoisotopic (exact) mass is 486 g/mol. The first kappa shape index (κ1) is 20.4. The van der Waals surface area contributed by atoms with E-state index in [4.69, 9.17) is 4.42 Å². The Bertz CT molecular complexity index is 1160. The molecule has 1 N–H and O–H groups in total.